The molecule has 0 radical (unpaired) electrons. The van der Waals surface area contributed by atoms with Gasteiger partial charge in [0, 0.05) is 12.2 Å². The fourth-order valence-electron chi connectivity index (χ4n) is 3.10. The first-order valence-corrected chi connectivity index (χ1v) is 11.7. The Bertz CT molecular complexity index is 871. The van der Waals surface area contributed by atoms with Crippen LogP contribution in [-0.2, 0) is 30.4 Å². The molecule has 0 bridgehead atoms. The van der Waals surface area contributed by atoms with Gasteiger partial charge in [0.15, 0.2) is 0 Å². The number of nitrogens with one attached hydrogen (secondary N) is 3. The molecule has 1 rings (SSSR count). The zero-order valence-electron chi connectivity index (χ0n) is 19.2. The number of unbranched alkanes of at least 4 members (excludes halogenated alkanes) is 1. The molecule has 4 unspecified atom stereocenters. The minimum atomic E-state index is -1.68. The third kappa shape index (κ3) is 11.2. The van der Waals surface area contributed by atoms with Crippen LogP contribution in [0, 0.1) is 0 Å². The summed E-state index contributed by atoms with van der Waals surface area (Å²) in [6.07, 6.45) is 0.366. The predicted octanol–water partition coefficient (Wildman–Crippen LogP) is -1.37. The Morgan fingerprint density at radius 2 is 1.43 bits per heavy atom. The van der Waals surface area contributed by atoms with Crippen molar-refractivity contribution in [2.45, 2.75) is 56.3 Å². The quantitative estimate of drug-likeness (QED) is 0.0969. The second kappa shape index (κ2) is 15.7. The number of rotatable bonds is 16. The lowest BCUT2D eigenvalue weighted by Crippen LogP contribution is -2.58. The van der Waals surface area contributed by atoms with Crippen molar-refractivity contribution in [2.24, 2.45) is 11.5 Å². The molecule has 0 aliphatic heterocycles. The summed E-state index contributed by atoms with van der Waals surface area (Å²) in [6, 6.07) is 3.95. The molecule has 13 heteroatoms. The average molecular weight is 512 g/mol. The van der Waals surface area contributed by atoms with Gasteiger partial charge in [0.2, 0.25) is 17.7 Å². The van der Waals surface area contributed by atoms with Crippen molar-refractivity contribution in [3.8, 4) is 0 Å². The van der Waals surface area contributed by atoms with Crippen LogP contribution in [-0.4, -0.2) is 76.3 Å². The highest BCUT2D eigenvalue weighted by molar-refractivity contribution is 7.80. The van der Waals surface area contributed by atoms with E-state index in [0.29, 0.717) is 19.4 Å². The van der Waals surface area contributed by atoms with Crippen LogP contribution in [0.5, 0.6) is 0 Å². The van der Waals surface area contributed by atoms with Gasteiger partial charge < -0.3 is 37.6 Å². The maximum absolute atomic E-state index is 13.1. The average Bonchev–Trinajstić information content (AvgIpc) is 2.82. The van der Waals surface area contributed by atoms with E-state index < -0.39 is 60.2 Å². The fourth-order valence-corrected chi connectivity index (χ4v) is 3.27. The molecule has 4 atom stereocenters. The minimum absolute atomic E-state index is 0.0514. The van der Waals surface area contributed by atoms with Gasteiger partial charge >= 0.3 is 11.9 Å². The Kier molecular flexibility index (Phi) is 13.4. The van der Waals surface area contributed by atoms with Gasteiger partial charge in [-0.05, 0) is 31.4 Å². The highest BCUT2D eigenvalue weighted by atomic mass is 32.1. The van der Waals surface area contributed by atoms with Crippen LogP contribution >= 0.6 is 12.6 Å². The van der Waals surface area contributed by atoms with Crippen LogP contribution in [0.15, 0.2) is 30.3 Å². The topological polar surface area (TPSA) is 214 Å². The Morgan fingerprint density at radius 1 is 0.857 bits per heavy atom. The van der Waals surface area contributed by atoms with E-state index in [9.17, 15) is 29.1 Å². The molecule has 1 aromatic rings. The van der Waals surface area contributed by atoms with Crippen LogP contribution in [0.2, 0.25) is 0 Å². The Hall–Kier alpha value is -3.16. The van der Waals surface area contributed by atoms with E-state index in [2.05, 4.69) is 28.6 Å². The summed E-state index contributed by atoms with van der Waals surface area (Å²) < 4.78 is 0. The molecule has 0 saturated heterocycles. The van der Waals surface area contributed by atoms with Gasteiger partial charge in [-0.3, -0.25) is 19.2 Å². The van der Waals surface area contributed by atoms with Crippen molar-refractivity contribution in [3.05, 3.63) is 35.9 Å². The molecule has 12 nitrogen and oxygen atoms in total. The molecule has 0 aromatic heterocycles. The Morgan fingerprint density at radius 3 is 1.97 bits per heavy atom. The van der Waals surface area contributed by atoms with Crippen molar-refractivity contribution >= 4 is 42.3 Å². The number of carbonyl (C=O) groups is 5. The van der Waals surface area contributed by atoms with Crippen molar-refractivity contribution < 1.29 is 34.2 Å². The van der Waals surface area contributed by atoms with Crippen molar-refractivity contribution in [1.29, 1.82) is 0 Å². The molecule has 9 N–H and O–H groups in total. The van der Waals surface area contributed by atoms with E-state index in [1.54, 1.807) is 30.3 Å². The highest BCUT2D eigenvalue weighted by Crippen LogP contribution is 2.07. The lowest BCUT2D eigenvalue weighted by molar-refractivity contribution is -0.147. The third-order valence-corrected chi connectivity index (χ3v) is 5.42. The maximum Gasteiger partial charge on any atom is 0.326 e. The summed E-state index contributed by atoms with van der Waals surface area (Å²) in [5, 5.41) is 25.4. The zero-order valence-corrected chi connectivity index (χ0v) is 20.1. The molecule has 0 heterocycles. The number of hydrogen-bond donors (Lipinski definition) is 8. The predicted molar refractivity (Wildman–Crippen MR) is 131 cm³/mol. The lowest BCUT2D eigenvalue weighted by atomic mass is 10.0. The molecule has 0 saturated carbocycles. The molecule has 1 aromatic carbocycles. The van der Waals surface area contributed by atoms with E-state index in [1.807, 2.05) is 0 Å². The second-order valence-corrected chi connectivity index (χ2v) is 8.25. The maximum atomic E-state index is 13.1. The monoisotopic (exact) mass is 511 g/mol. The molecule has 3 amide bonds. The van der Waals surface area contributed by atoms with E-state index in [4.69, 9.17) is 16.6 Å². The summed E-state index contributed by atoms with van der Waals surface area (Å²) in [4.78, 5) is 60.6. The zero-order chi connectivity index (χ0) is 26.4. The molecule has 194 valence electrons. The number of aliphatic carboxylic acids is 2. The first-order valence-electron chi connectivity index (χ1n) is 11.0. The molecule has 0 fully saturated rings. The Balaban J connectivity index is 3.08. The summed E-state index contributed by atoms with van der Waals surface area (Å²) in [7, 11) is 0. The summed E-state index contributed by atoms with van der Waals surface area (Å²) >= 11 is 3.99. The van der Waals surface area contributed by atoms with E-state index >= 15 is 0 Å². The van der Waals surface area contributed by atoms with Gasteiger partial charge in [-0.1, -0.05) is 30.3 Å². The largest absolute Gasteiger partial charge is 0.481 e. The van der Waals surface area contributed by atoms with E-state index in [-0.39, 0.29) is 18.6 Å². The van der Waals surface area contributed by atoms with Crippen LogP contribution in [0.4, 0.5) is 0 Å². The molecule has 0 aliphatic carbocycles. The standard InChI is InChI=1S/C22H33N5O7S/c23-9-5-4-8-15(20(31)27-17(22(33)34)11-18(28)29)25-21(32)16(26-19(30)14(24)12-35)10-13-6-2-1-3-7-13/h1-3,6-7,14-17,35H,4-5,8-12,23-24H2,(H,25,32)(H,26,30)(H,27,31)(H,28,29)(H,33,34). The first kappa shape index (κ1) is 29.9. The smallest absolute Gasteiger partial charge is 0.326 e. The van der Waals surface area contributed by atoms with Gasteiger partial charge in [-0.2, -0.15) is 12.6 Å². The fraction of sp³-hybridized carbons (Fsp3) is 0.500. The van der Waals surface area contributed by atoms with Crippen molar-refractivity contribution in [2.75, 3.05) is 12.3 Å². The summed E-state index contributed by atoms with van der Waals surface area (Å²) in [6.45, 7) is 0.341. The van der Waals surface area contributed by atoms with Crippen LogP contribution in [0.3, 0.4) is 0 Å². The van der Waals surface area contributed by atoms with Gasteiger partial charge in [0.25, 0.3) is 0 Å². The number of nitrogens with two attached hydrogens (primary N) is 2. The van der Waals surface area contributed by atoms with Crippen LogP contribution in [0.25, 0.3) is 0 Å². The SMILES string of the molecule is NCCCCC(NC(=O)C(Cc1ccccc1)NC(=O)C(N)CS)C(=O)NC(CC(=O)O)C(=O)O. The number of amides is 3. The first-order chi connectivity index (χ1) is 16.6. The molecular formula is C22H33N5O7S. The highest BCUT2D eigenvalue weighted by Gasteiger charge is 2.31. The molecule has 0 aliphatic rings. The van der Waals surface area contributed by atoms with Gasteiger partial charge in [0.05, 0.1) is 12.5 Å². The minimum Gasteiger partial charge on any atom is -0.481 e. The van der Waals surface area contributed by atoms with Gasteiger partial charge in [-0.25, -0.2) is 4.79 Å². The number of carbonyl (C=O) groups excluding carboxylic acids is 3. The van der Waals surface area contributed by atoms with Crippen LogP contribution in [0.1, 0.15) is 31.2 Å². The lowest BCUT2D eigenvalue weighted by Gasteiger charge is -2.25. The Labute approximate surface area is 208 Å². The van der Waals surface area contributed by atoms with Crippen molar-refractivity contribution in [3.63, 3.8) is 0 Å². The molecule has 35 heavy (non-hydrogen) atoms. The van der Waals surface area contributed by atoms with Crippen LogP contribution < -0.4 is 27.4 Å². The third-order valence-electron chi connectivity index (χ3n) is 5.02. The molecule has 0 spiro atoms. The second-order valence-electron chi connectivity index (χ2n) is 7.88. The van der Waals surface area contributed by atoms with Gasteiger partial charge in [-0.15, -0.1) is 0 Å². The van der Waals surface area contributed by atoms with E-state index in [1.165, 1.54) is 0 Å². The summed E-state index contributed by atoms with van der Waals surface area (Å²) in [5.74, 6) is -5.04. The number of benzene rings is 1. The molecular weight excluding hydrogens is 478 g/mol. The normalized spacial score (nSPS) is 14.1. The van der Waals surface area contributed by atoms with E-state index in [0.717, 1.165) is 5.56 Å². The summed E-state index contributed by atoms with van der Waals surface area (Å²) in [5.41, 5.74) is 12.0. The number of hydrogen-bond acceptors (Lipinski definition) is 8. The number of carboxylic acid groups (broad SMARTS) is 2. The number of carboxylic acids is 2. The van der Waals surface area contributed by atoms with Gasteiger partial charge in [0.1, 0.15) is 18.1 Å². The number of thiol groups is 1. The van der Waals surface area contributed by atoms with Crippen molar-refractivity contribution in [1.82, 2.24) is 16.0 Å².